The predicted octanol–water partition coefficient (Wildman–Crippen LogP) is 8.07. The first-order chi connectivity index (χ1) is 12.2. The normalized spacial score (nSPS) is 14.2. The average Bonchev–Trinajstić information content (AvgIpc) is 3.08. The molecule has 0 heterocycles. The summed E-state index contributed by atoms with van der Waals surface area (Å²) in [6.45, 7) is 0. The van der Waals surface area contributed by atoms with Crippen molar-refractivity contribution in [2.75, 3.05) is 0 Å². The van der Waals surface area contributed by atoms with Crippen LogP contribution in [0.1, 0.15) is 22.3 Å². The van der Waals surface area contributed by atoms with Gasteiger partial charge in [0.2, 0.25) is 7.59 Å². The van der Waals surface area contributed by atoms with Crippen molar-refractivity contribution in [2.24, 2.45) is 0 Å². The van der Waals surface area contributed by atoms with Crippen LogP contribution < -0.4 is 0 Å². The fraction of sp³-hybridized carbons (Fsp3) is 0.100. The molecule has 1 aliphatic rings. The summed E-state index contributed by atoms with van der Waals surface area (Å²) in [7, 11) is 0. The predicted molar refractivity (Wildman–Crippen MR) is 114 cm³/mol. The van der Waals surface area contributed by atoms with Gasteiger partial charge in [-0.3, -0.25) is 0 Å². The van der Waals surface area contributed by atoms with E-state index in [0.29, 0.717) is 11.1 Å². The summed E-state index contributed by atoms with van der Waals surface area (Å²) in [4.78, 5) is 0. The minimum atomic E-state index is -1.52. The average molecular weight is 464 g/mol. The Labute approximate surface area is 182 Å². The van der Waals surface area contributed by atoms with Gasteiger partial charge in [0.25, 0.3) is 0 Å². The van der Waals surface area contributed by atoms with Crippen LogP contribution in [0.4, 0.5) is 0 Å². The molecule has 2 aromatic rings. The van der Waals surface area contributed by atoms with E-state index in [1.54, 1.807) is 12.1 Å². The molecule has 0 fully saturated rings. The molecule has 0 saturated heterocycles. The van der Waals surface area contributed by atoms with Gasteiger partial charge in [-0.1, -0.05) is 124 Å². The smallest absolute Gasteiger partial charge is 0.0784 e. The lowest BCUT2D eigenvalue weighted by Crippen LogP contribution is -2.03. The molecular weight excluding hydrogens is 453 g/mol. The third kappa shape index (κ3) is 4.62. The molecule has 1 radical (unpaired) electrons. The number of hydrogen-bond acceptors (Lipinski definition) is 0. The van der Waals surface area contributed by atoms with E-state index < -0.39 is 7.59 Å². The molecule has 2 aromatic carbocycles. The molecule has 0 aromatic heterocycles. The third-order valence-electron chi connectivity index (χ3n) is 3.82. The standard InChI is InChI=1S/C20H11Cl6/c21-19(22,23)16-9-3-7-14(11-16)18(13-5-1-2-6-13)15-8-4-10-17(12-15)20(24,25)26/h1-5,7-12H. The topological polar surface area (TPSA) is 0 Å². The molecular formula is C20H11Cl6. The Morgan fingerprint density at radius 1 is 0.731 bits per heavy atom. The van der Waals surface area contributed by atoms with E-state index >= 15 is 0 Å². The van der Waals surface area contributed by atoms with Crippen LogP contribution in [0.5, 0.6) is 0 Å². The van der Waals surface area contributed by atoms with E-state index in [4.69, 9.17) is 69.6 Å². The second-order valence-electron chi connectivity index (χ2n) is 5.62. The lowest BCUT2D eigenvalue weighted by Gasteiger charge is -2.18. The zero-order valence-corrected chi connectivity index (χ0v) is 17.7. The summed E-state index contributed by atoms with van der Waals surface area (Å²) < 4.78 is -3.04. The molecule has 1 aliphatic carbocycles. The molecule has 0 amide bonds. The molecule has 3 rings (SSSR count). The molecule has 0 N–H and O–H groups in total. The molecule has 0 saturated carbocycles. The van der Waals surface area contributed by atoms with Gasteiger partial charge in [-0.05, 0) is 40.5 Å². The Hall–Kier alpha value is -0.600. The number of halogens is 6. The van der Waals surface area contributed by atoms with Crippen molar-refractivity contribution < 1.29 is 0 Å². The second kappa shape index (κ2) is 7.80. The van der Waals surface area contributed by atoms with Crippen molar-refractivity contribution in [3.8, 4) is 0 Å². The molecule has 26 heavy (non-hydrogen) atoms. The lowest BCUT2D eigenvalue weighted by molar-refractivity contribution is 1.23. The highest BCUT2D eigenvalue weighted by Gasteiger charge is 2.25. The van der Waals surface area contributed by atoms with E-state index in [1.807, 2.05) is 54.6 Å². The van der Waals surface area contributed by atoms with Crippen molar-refractivity contribution in [3.05, 3.63) is 101 Å². The number of alkyl halides is 6. The Balaban J connectivity index is 2.20. The summed E-state index contributed by atoms with van der Waals surface area (Å²) >= 11 is 36.3. The van der Waals surface area contributed by atoms with E-state index in [0.717, 1.165) is 22.3 Å². The number of hydrogen-bond donors (Lipinski definition) is 0. The van der Waals surface area contributed by atoms with Gasteiger partial charge in [-0.2, -0.15) is 0 Å². The van der Waals surface area contributed by atoms with Gasteiger partial charge < -0.3 is 0 Å². The van der Waals surface area contributed by atoms with Gasteiger partial charge in [-0.15, -0.1) is 0 Å². The van der Waals surface area contributed by atoms with Crippen LogP contribution in [0, 0.1) is 6.08 Å². The molecule has 0 atom stereocenters. The Bertz CT molecular complexity index is 837. The van der Waals surface area contributed by atoms with Crippen LogP contribution in [0.2, 0.25) is 0 Å². The van der Waals surface area contributed by atoms with Crippen LogP contribution in [-0.4, -0.2) is 0 Å². The first kappa shape index (κ1) is 20.1. The Kier molecular flexibility index (Phi) is 6.04. The van der Waals surface area contributed by atoms with Crippen LogP contribution in [-0.2, 0) is 7.59 Å². The van der Waals surface area contributed by atoms with Crippen LogP contribution in [0.3, 0.4) is 0 Å². The largest absolute Gasteiger partial charge is 0.216 e. The van der Waals surface area contributed by atoms with E-state index in [2.05, 4.69) is 6.08 Å². The van der Waals surface area contributed by atoms with Gasteiger partial charge >= 0.3 is 0 Å². The number of rotatable bonds is 2. The monoisotopic (exact) mass is 461 g/mol. The Morgan fingerprint density at radius 2 is 1.23 bits per heavy atom. The molecule has 133 valence electrons. The van der Waals surface area contributed by atoms with E-state index in [9.17, 15) is 0 Å². The fourth-order valence-electron chi connectivity index (χ4n) is 2.67. The van der Waals surface area contributed by atoms with E-state index in [1.165, 1.54) is 0 Å². The summed E-state index contributed by atoms with van der Waals surface area (Å²) in [6, 6.07) is 14.8. The highest BCUT2D eigenvalue weighted by molar-refractivity contribution is 6.67. The molecule has 0 nitrogen and oxygen atoms in total. The van der Waals surface area contributed by atoms with Gasteiger partial charge in [0.1, 0.15) is 0 Å². The molecule has 0 unspecified atom stereocenters. The second-order valence-corrected chi connectivity index (χ2v) is 10.2. The summed E-state index contributed by atoms with van der Waals surface area (Å²) in [5.74, 6) is 0. The summed E-state index contributed by atoms with van der Waals surface area (Å²) in [5, 5.41) is 0. The molecule has 6 heteroatoms. The van der Waals surface area contributed by atoms with Gasteiger partial charge in [0.05, 0.1) is 0 Å². The minimum Gasteiger partial charge on any atom is -0.0784 e. The van der Waals surface area contributed by atoms with Gasteiger partial charge in [-0.25, -0.2) is 0 Å². The molecule has 0 bridgehead atoms. The maximum Gasteiger partial charge on any atom is 0.216 e. The molecule has 0 aliphatic heterocycles. The fourth-order valence-corrected chi connectivity index (χ4v) is 3.37. The quantitative estimate of drug-likeness (QED) is 0.395. The molecule has 0 spiro atoms. The zero-order valence-electron chi connectivity index (χ0n) is 13.1. The van der Waals surface area contributed by atoms with Crippen LogP contribution >= 0.6 is 69.6 Å². The number of allylic oxidation sites excluding steroid dienone is 5. The SMILES string of the molecule is ClC(Cl)(Cl)c1cccc(C(=C2[C]=CC=C2)c2cccc(C(Cl)(Cl)Cl)c2)c1. The lowest BCUT2D eigenvalue weighted by atomic mass is 9.91. The summed E-state index contributed by atoms with van der Waals surface area (Å²) in [6.07, 6.45) is 8.92. The van der Waals surface area contributed by atoms with Crippen molar-refractivity contribution >= 4 is 75.2 Å². The van der Waals surface area contributed by atoms with Gasteiger partial charge in [0.15, 0.2) is 0 Å². The Morgan fingerprint density at radius 3 is 1.62 bits per heavy atom. The summed E-state index contributed by atoms with van der Waals surface area (Å²) in [5.41, 5.74) is 4.69. The van der Waals surface area contributed by atoms with Crippen molar-refractivity contribution in [1.82, 2.24) is 0 Å². The maximum atomic E-state index is 6.05. The first-order valence-electron chi connectivity index (χ1n) is 7.52. The minimum absolute atomic E-state index is 0.571. The maximum absolute atomic E-state index is 6.05. The highest BCUT2D eigenvalue weighted by atomic mass is 35.6. The van der Waals surface area contributed by atoms with Crippen molar-refractivity contribution in [3.63, 3.8) is 0 Å². The highest BCUT2D eigenvalue weighted by Crippen LogP contribution is 2.42. The third-order valence-corrected chi connectivity index (χ3v) is 5.13. The van der Waals surface area contributed by atoms with Crippen LogP contribution in [0.25, 0.3) is 5.57 Å². The van der Waals surface area contributed by atoms with Gasteiger partial charge in [0, 0.05) is 11.1 Å². The van der Waals surface area contributed by atoms with Crippen molar-refractivity contribution in [1.29, 1.82) is 0 Å². The first-order valence-corrected chi connectivity index (χ1v) is 9.79. The van der Waals surface area contributed by atoms with Crippen LogP contribution in [0.15, 0.2) is 72.3 Å². The number of benzene rings is 2. The zero-order chi connectivity index (χ0) is 18.9. The van der Waals surface area contributed by atoms with E-state index in [-0.39, 0.29) is 0 Å². The van der Waals surface area contributed by atoms with Crippen molar-refractivity contribution in [2.45, 2.75) is 7.59 Å².